The van der Waals surface area contributed by atoms with E-state index in [4.69, 9.17) is 0 Å². The van der Waals surface area contributed by atoms with Gasteiger partial charge in [-0.1, -0.05) is 12.1 Å². The molecule has 1 fully saturated rings. The van der Waals surface area contributed by atoms with Gasteiger partial charge in [-0.05, 0) is 30.5 Å². The maximum atomic E-state index is 13.3. The Morgan fingerprint density at radius 2 is 2.09 bits per heavy atom. The molecule has 2 heterocycles. The quantitative estimate of drug-likeness (QED) is 0.932. The van der Waals surface area contributed by atoms with Crippen molar-refractivity contribution in [1.82, 2.24) is 9.55 Å². The van der Waals surface area contributed by atoms with Crippen LogP contribution in [0, 0.1) is 5.82 Å². The first-order valence-electron chi connectivity index (χ1n) is 7.70. The molecule has 0 saturated carbocycles. The van der Waals surface area contributed by atoms with Gasteiger partial charge in [0.15, 0.2) is 5.82 Å². The van der Waals surface area contributed by atoms with E-state index in [2.05, 4.69) is 4.98 Å². The SMILES string of the molecule is Cn1ccnc(N2CCC(O)(Cc3cccc(F)c3)CC2)c1=O. The molecule has 3 rings (SSSR count). The first-order chi connectivity index (χ1) is 11.0. The molecule has 1 saturated heterocycles. The van der Waals surface area contributed by atoms with E-state index in [1.165, 1.54) is 16.7 Å². The van der Waals surface area contributed by atoms with Crippen molar-refractivity contribution in [2.24, 2.45) is 7.05 Å². The Kier molecular flexibility index (Phi) is 4.17. The van der Waals surface area contributed by atoms with Crippen LogP contribution in [0.1, 0.15) is 18.4 Å². The number of rotatable bonds is 3. The second kappa shape index (κ2) is 6.12. The molecule has 0 radical (unpaired) electrons. The summed E-state index contributed by atoms with van der Waals surface area (Å²) in [6.45, 7) is 1.11. The molecule has 122 valence electrons. The lowest BCUT2D eigenvalue weighted by atomic mass is 9.85. The molecule has 1 aromatic carbocycles. The lowest BCUT2D eigenvalue weighted by molar-refractivity contribution is 0.0163. The second-order valence-corrected chi connectivity index (χ2v) is 6.18. The fourth-order valence-corrected chi connectivity index (χ4v) is 3.04. The fraction of sp³-hybridized carbons (Fsp3) is 0.412. The summed E-state index contributed by atoms with van der Waals surface area (Å²) in [6, 6.07) is 6.33. The molecule has 0 bridgehead atoms. The molecule has 1 aliphatic heterocycles. The van der Waals surface area contributed by atoms with Gasteiger partial charge in [-0.25, -0.2) is 9.37 Å². The van der Waals surface area contributed by atoms with Crippen LogP contribution in [-0.4, -0.2) is 33.3 Å². The van der Waals surface area contributed by atoms with Crippen LogP contribution >= 0.6 is 0 Å². The summed E-state index contributed by atoms with van der Waals surface area (Å²) < 4.78 is 14.8. The number of halogens is 1. The molecule has 23 heavy (non-hydrogen) atoms. The molecule has 6 heteroatoms. The van der Waals surface area contributed by atoms with Crippen molar-refractivity contribution in [3.8, 4) is 0 Å². The van der Waals surface area contributed by atoms with Crippen molar-refractivity contribution >= 4 is 5.82 Å². The minimum Gasteiger partial charge on any atom is -0.389 e. The average molecular weight is 317 g/mol. The summed E-state index contributed by atoms with van der Waals surface area (Å²) >= 11 is 0. The van der Waals surface area contributed by atoms with E-state index in [0.717, 1.165) is 5.56 Å². The summed E-state index contributed by atoms with van der Waals surface area (Å²) in [6.07, 6.45) is 4.67. The van der Waals surface area contributed by atoms with Crippen molar-refractivity contribution < 1.29 is 9.50 Å². The third-order valence-corrected chi connectivity index (χ3v) is 4.41. The van der Waals surface area contributed by atoms with Crippen molar-refractivity contribution in [3.05, 3.63) is 58.4 Å². The number of benzene rings is 1. The third kappa shape index (κ3) is 3.42. The summed E-state index contributed by atoms with van der Waals surface area (Å²) in [5, 5.41) is 10.8. The molecule has 1 aromatic heterocycles. The van der Waals surface area contributed by atoms with Crippen molar-refractivity contribution in [2.45, 2.75) is 24.9 Å². The van der Waals surface area contributed by atoms with Gasteiger partial charge < -0.3 is 14.6 Å². The maximum Gasteiger partial charge on any atom is 0.293 e. The smallest absolute Gasteiger partial charge is 0.293 e. The van der Waals surface area contributed by atoms with Gasteiger partial charge in [0, 0.05) is 39.0 Å². The van der Waals surface area contributed by atoms with Crippen LogP contribution < -0.4 is 10.5 Å². The van der Waals surface area contributed by atoms with Crippen molar-refractivity contribution in [2.75, 3.05) is 18.0 Å². The number of anilines is 1. The predicted molar refractivity (Wildman–Crippen MR) is 86.0 cm³/mol. The summed E-state index contributed by atoms with van der Waals surface area (Å²) in [4.78, 5) is 18.2. The van der Waals surface area contributed by atoms with Crippen LogP contribution in [0.2, 0.25) is 0 Å². The Morgan fingerprint density at radius 1 is 1.35 bits per heavy atom. The molecule has 1 N–H and O–H groups in total. The van der Waals surface area contributed by atoms with E-state index < -0.39 is 5.60 Å². The summed E-state index contributed by atoms with van der Waals surface area (Å²) in [5.41, 5.74) is -0.220. The standard InChI is InChI=1S/C17H20FN3O2/c1-20-10-7-19-15(16(20)22)21-8-5-17(23,6-9-21)12-13-3-2-4-14(18)11-13/h2-4,7,10-11,23H,5-6,8-9,12H2,1H3. The third-order valence-electron chi connectivity index (χ3n) is 4.41. The van der Waals surface area contributed by atoms with Crippen LogP contribution in [0.15, 0.2) is 41.5 Å². The molecular weight excluding hydrogens is 297 g/mol. The minimum absolute atomic E-state index is 0.136. The zero-order valence-corrected chi connectivity index (χ0v) is 13.1. The lowest BCUT2D eigenvalue weighted by Crippen LogP contribution is -2.47. The Labute approximate surface area is 134 Å². The minimum atomic E-state index is -0.871. The Bertz CT molecular complexity index is 751. The molecule has 1 aliphatic rings. The summed E-state index contributed by atoms with van der Waals surface area (Å²) in [5.74, 6) is 0.128. The zero-order valence-electron chi connectivity index (χ0n) is 13.1. The van der Waals surface area contributed by atoms with Crippen molar-refractivity contribution in [1.29, 1.82) is 0 Å². The molecule has 0 atom stereocenters. The largest absolute Gasteiger partial charge is 0.389 e. The van der Waals surface area contributed by atoms with E-state index >= 15 is 0 Å². The first-order valence-corrected chi connectivity index (χ1v) is 7.70. The Balaban J connectivity index is 1.70. The summed E-state index contributed by atoms with van der Waals surface area (Å²) in [7, 11) is 1.69. The number of aromatic nitrogens is 2. The predicted octanol–water partition coefficient (Wildman–Crippen LogP) is 1.49. The van der Waals surface area contributed by atoms with Gasteiger partial charge in [0.25, 0.3) is 5.56 Å². The molecule has 0 amide bonds. The highest BCUT2D eigenvalue weighted by molar-refractivity contribution is 5.36. The Morgan fingerprint density at radius 3 is 2.78 bits per heavy atom. The van der Waals surface area contributed by atoms with Gasteiger partial charge in [0.1, 0.15) is 5.82 Å². The number of nitrogens with zero attached hydrogens (tertiary/aromatic N) is 3. The highest BCUT2D eigenvalue weighted by atomic mass is 19.1. The topological polar surface area (TPSA) is 58.4 Å². The molecule has 0 spiro atoms. The zero-order chi connectivity index (χ0) is 16.4. The van der Waals surface area contributed by atoms with Gasteiger partial charge in [-0.15, -0.1) is 0 Å². The van der Waals surface area contributed by atoms with Crippen LogP contribution in [0.5, 0.6) is 0 Å². The van der Waals surface area contributed by atoms with E-state index in [-0.39, 0.29) is 11.4 Å². The van der Waals surface area contributed by atoms with Gasteiger partial charge in [-0.2, -0.15) is 0 Å². The molecule has 0 aliphatic carbocycles. The fourth-order valence-electron chi connectivity index (χ4n) is 3.04. The van der Waals surface area contributed by atoms with Crippen LogP contribution in [0.25, 0.3) is 0 Å². The van der Waals surface area contributed by atoms with E-state index in [1.807, 2.05) is 11.0 Å². The number of aryl methyl sites for hydroxylation is 1. The average Bonchev–Trinajstić information content (AvgIpc) is 2.51. The van der Waals surface area contributed by atoms with Crippen LogP contribution in [0.3, 0.4) is 0 Å². The normalized spacial score (nSPS) is 17.3. The van der Waals surface area contributed by atoms with E-state index in [0.29, 0.717) is 38.2 Å². The second-order valence-electron chi connectivity index (χ2n) is 6.18. The van der Waals surface area contributed by atoms with Crippen LogP contribution in [0.4, 0.5) is 10.2 Å². The highest BCUT2D eigenvalue weighted by Crippen LogP contribution is 2.27. The first kappa shape index (κ1) is 15.7. The number of piperidine rings is 1. The van der Waals surface area contributed by atoms with Gasteiger partial charge >= 0.3 is 0 Å². The van der Waals surface area contributed by atoms with Crippen molar-refractivity contribution in [3.63, 3.8) is 0 Å². The van der Waals surface area contributed by atoms with E-state index in [1.54, 1.807) is 25.5 Å². The van der Waals surface area contributed by atoms with Gasteiger partial charge in [0.05, 0.1) is 5.60 Å². The number of aliphatic hydroxyl groups is 1. The Hall–Kier alpha value is -2.21. The van der Waals surface area contributed by atoms with Gasteiger partial charge in [0.2, 0.25) is 0 Å². The molecule has 2 aromatic rings. The molecule has 0 unspecified atom stereocenters. The van der Waals surface area contributed by atoms with E-state index in [9.17, 15) is 14.3 Å². The molecule has 5 nitrogen and oxygen atoms in total. The van der Waals surface area contributed by atoms with Crippen LogP contribution in [-0.2, 0) is 13.5 Å². The maximum absolute atomic E-state index is 13.3. The molecular formula is C17H20FN3O2. The van der Waals surface area contributed by atoms with Gasteiger partial charge in [-0.3, -0.25) is 4.79 Å². The monoisotopic (exact) mass is 317 g/mol. The number of hydrogen-bond donors (Lipinski definition) is 1. The highest BCUT2D eigenvalue weighted by Gasteiger charge is 2.33. The number of hydrogen-bond acceptors (Lipinski definition) is 4. The lowest BCUT2D eigenvalue weighted by Gasteiger charge is -2.38.